The van der Waals surface area contributed by atoms with Gasteiger partial charge in [0.2, 0.25) is 0 Å². The Balaban J connectivity index is 1.32. The van der Waals surface area contributed by atoms with E-state index in [2.05, 4.69) is 82.4 Å². The van der Waals surface area contributed by atoms with E-state index in [-0.39, 0.29) is 6.10 Å². The monoisotopic (exact) mass is 358 g/mol. The van der Waals surface area contributed by atoms with Crippen LogP contribution in [0.15, 0.2) is 72.9 Å². The zero-order chi connectivity index (χ0) is 18.1. The number of nitrogens with zero attached hydrogens (tertiary/aromatic N) is 2. The molecule has 0 aliphatic carbocycles. The number of likely N-dealkylation sites (tertiary alicyclic amines) is 1. The minimum atomic E-state index is 0.155. The second kappa shape index (κ2) is 7.24. The summed E-state index contributed by atoms with van der Waals surface area (Å²) in [6, 6.07) is 23.7. The van der Waals surface area contributed by atoms with Crippen molar-refractivity contribution in [2.45, 2.75) is 32.0 Å². The summed E-state index contributed by atoms with van der Waals surface area (Å²) in [4.78, 5) is 2.58. The highest BCUT2D eigenvalue weighted by Crippen LogP contribution is 2.39. The SMILES string of the molecule is c1ccc(CN2CCC(C3Oc4ccccc4Cn4cccc43)CC2)cc1. The molecule has 1 atom stereocenters. The molecular weight excluding hydrogens is 332 g/mol. The second-order valence-corrected chi connectivity index (χ2v) is 7.81. The molecule has 1 unspecified atom stereocenters. The van der Waals surface area contributed by atoms with Crippen LogP contribution in [0.25, 0.3) is 0 Å². The molecule has 3 aromatic rings. The number of benzene rings is 2. The van der Waals surface area contributed by atoms with E-state index in [4.69, 9.17) is 4.74 Å². The Hall–Kier alpha value is -2.52. The smallest absolute Gasteiger partial charge is 0.141 e. The summed E-state index contributed by atoms with van der Waals surface area (Å²) in [7, 11) is 0. The van der Waals surface area contributed by atoms with Crippen LogP contribution in [-0.4, -0.2) is 22.6 Å². The molecule has 0 spiro atoms. The number of fused-ring (bicyclic) bond motifs is 2. The Morgan fingerprint density at radius 1 is 0.852 bits per heavy atom. The number of rotatable bonds is 3. The van der Waals surface area contributed by atoms with Gasteiger partial charge in [0.15, 0.2) is 0 Å². The lowest BCUT2D eigenvalue weighted by molar-refractivity contribution is 0.0716. The van der Waals surface area contributed by atoms with Gasteiger partial charge in [-0.15, -0.1) is 0 Å². The van der Waals surface area contributed by atoms with Crippen molar-refractivity contribution in [3.8, 4) is 5.75 Å². The van der Waals surface area contributed by atoms with Crippen molar-refractivity contribution in [1.82, 2.24) is 9.47 Å². The summed E-state index contributed by atoms with van der Waals surface area (Å²) in [5.41, 5.74) is 4.01. The third-order valence-electron chi connectivity index (χ3n) is 6.03. The fraction of sp³-hybridized carbons (Fsp3) is 0.333. The lowest BCUT2D eigenvalue weighted by Gasteiger charge is -2.36. The minimum absolute atomic E-state index is 0.155. The van der Waals surface area contributed by atoms with Gasteiger partial charge in [0.1, 0.15) is 11.9 Å². The highest BCUT2D eigenvalue weighted by molar-refractivity contribution is 5.36. The molecule has 5 rings (SSSR count). The summed E-state index contributed by atoms with van der Waals surface area (Å²) in [5.74, 6) is 1.62. The van der Waals surface area contributed by atoms with E-state index in [0.717, 1.165) is 31.9 Å². The lowest BCUT2D eigenvalue weighted by atomic mass is 9.89. The molecule has 0 radical (unpaired) electrons. The van der Waals surface area contributed by atoms with E-state index in [1.54, 1.807) is 0 Å². The summed E-state index contributed by atoms with van der Waals surface area (Å²) in [6.07, 6.45) is 4.72. The number of piperidine rings is 1. The molecule has 0 amide bonds. The van der Waals surface area contributed by atoms with Crippen molar-refractivity contribution < 1.29 is 4.74 Å². The van der Waals surface area contributed by atoms with E-state index in [0.29, 0.717) is 5.92 Å². The number of aromatic nitrogens is 1. The van der Waals surface area contributed by atoms with Crippen LogP contribution in [0.4, 0.5) is 0 Å². The van der Waals surface area contributed by atoms with Gasteiger partial charge in [-0.2, -0.15) is 0 Å². The van der Waals surface area contributed by atoms with Gasteiger partial charge in [0.05, 0.1) is 12.2 Å². The summed E-state index contributed by atoms with van der Waals surface area (Å²) >= 11 is 0. The first-order chi connectivity index (χ1) is 13.4. The molecule has 1 fully saturated rings. The molecule has 1 saturated heterocycles. The fourth-order valence-electron chi connectivity index (χ4n) is 4.55. The Morgan fingerprint density at radius 3 is 2.48 bits per heavy atom. The minimum Gasteiger partial charge on any atom is -0.484 e. The highest BCUT2D eigenvalue weighted by Gasteiger charge is 2.33. The Bertz CT molecular complexity index is 894. The largest absolute Gasteiger partial charge is 0.484 e. The van der Waals surface area contributed by atoms with Crippen LogP contribution in [0.3, 0.4) is 0 Å². The maximum absolute atomic E-state index is 6.60. The zero-order valence-corrected chi connectivity index (χ0v) is 15.6. The van der Waals surface area contributed by atoms with Crippen molar-refractivity contribution in [1.29, 1.82) is 0 Å². The molecule has 1 aromatic heterocycles. The molecule has 3 heterocycles. The van der Waals surface area contributed by atoms with Gasteiger partial charge in [-0.3, -0.25) is 4.90 Å². The van der Waals surface area contributed by atoms with Crippen LogP contribution in [0.5, 0.6) is 5.75 Å². The summed E-state index contributed by atoms with van der Waals surface area (Å²) in [6.45, 7) is 4.24. The van der Waals surface area contributed by atoms with Gasteiger partial charge in [-0.1, -0.05) is 48.5 Å². The van der Waals surface area contributed by atoms with E-state index in [1.165, 1.54) is 29.7 Å². The van der Waals surface area contributed by atoms with Crippen LogP contribution >= 0.6 is 0 Å². The highest BCUT2D eigenvalue weighted by atomic mass is 16.5. The topological polar surface area (TPSA) is 17.4 Å². The summed E-state index contributed by atoms with van der Waals surface area (Å²) in [5, 5.41) is 0. The first-order valence-electron chi connectivity index (χ1n) is 10.0. The molecule has 2 aliphatic rings. The van der Waals surface area contributed by atoms with E-state index in [1.807, 2.05) is 0 Å². The van der Waals surface area contributed by atoms with Gasteiger partial charge < -0.3 is 9.30 Å². The Kier molecular flexibility index (Phi) is 4.46. The zero-order valence-electron chi connectivity index (χ0n) is 15.6. The molecule has 0 N–H and O–H groups in total. The van der Waals surface area contributed by atoms with E-state index < -0.39 is 0 Å². The maximum Gasteiger partial charge on any atom is 0.141 e. The van der Waals surface area contributed by atoms with E-state index >= 15 is 0 Å². The van der Waals surface area contributed by atoms with Crippen molar-refractivity contribution in [3.05, 3.63) is 89.7 Å². The lowest BCUT2D eigenvalue weighted by Crippen LogP contribution is -2.36. The predicted molar refractivity (Wildman–Crippen MR) is 108 cm³/mol. The molecule has 0 bridgehead atoms. The normalized spacial score (nSPS) is 20.4. The number of hydrogen-bond donors (Lipinski definition) is 0. The Morgan fingerprint density at radius 2 is 1.63 bits per heavy atom. The molecule has 3 heteroatoms. The quantitative estimate of drug-likeness (QED) is 0.664. The molecule has 2 aliphatic heterocycles. The number of ether oxygens (including phenoxy) is 1. The molecule has 3 nitrogen and oxygen atoms in total. The second-order valence-electron chi connectivity index (χ2n) is 7.81. The van der Waals surface area contributed by atoms with Crippen LogP contribution in [-0.2, 0) is 13.1 Å². The van der Waals surface area contributed by atoms with Crippen molar-refractivity contribution in [2.24, 2.45) is 5.92 Å². The molecule has 138 valence electrons. The molecule has 0 saturated carbocycles. The van der Waals surface area contributed by atoms with Crippen LogP contribution in [0.2, 0.25) is 0 Å². The number of hydrogen-bond acceptors (Lipinski definition) is 2. The van der Waals surface area contributed by atoms with Crippen LogP contribution in [0.1, 0.15) is 35.8 Å². The van der Waals surface area contributed by atoms with Gasteiger partial charge in [-0.05, 0) is 49.7 Å². The predicted octanol–water partition coefficient (Wildman–Crippen LogP) is 4.88. The van der Waals surface area contributed by atoms with Gasteiger partial charge >= 0.3 is 0 Å². The first kappa shape index (κ1) is 16.6. The maximum atomic E-state index is 6.60. The summed E-state index contributed by atoms with van der Waals surface area (Å²) < 4.78 is 8.96. The Labute approximate surface area is 161 Å². The standard InChI is InChI=1S/C24H26N2O/c1-2-7-19(8-3-1)17-25-15-12-20(13-16-25)24-22-10-6-14-26(22)18-21-9-4-5-11-23(21)27-24/h1-11,14,20,24H,12-13,15-18H2. The van der Waals surface area contributed by atoms with Gasteiger partial charge in [0.25, 0.3) is 0 Å². The molecule has 27 heavy (non-hydrogen) atoms. The molecule has 2 aromatic carbocycles. The molecular formula is C24H26N2O. The third kappa shape index (κ3) is 3.40. The van der Waals surface area contributed by atoms with E-state index in [9.17, 15) is 0 Å². The number of para-hydroxylation sites is 1. The van der Waals surface area contributed by atoms with Gasteiger partial charge in [0, 0.05) is 24.2 Å². The average Bonchev–Trinajstić information content (AvgIpc) is 3.10. The average molecular weight is 358 g/mol. The van der Waals surface area contributed by atoms with Crippen molar-refractivity contribution in [2.75, 3.05) is 13.1 Å². The van der Waals surface area contributed by atoms with Crippen molar-refractivity contribution in [3.63, 3.8) is 0 Å². The third-order valence-corrected chi connectivity index (χ3v) is 6.03. The van der Waals surface area contributed by atoms with Crippen LogP contribution < -0.4 is 4.74 Å². The van der Waals surface area contributed by atoms with Crippen molar-refractivity contribution >= 4 is 0 Å². The van der Waals surface area contributed by atoms with Gasteiger partial charge in [-0.25, -0.2) is 0 Å². The first-order valence-corrected chi connectivity index (χ1v) is 10.0. The van der Waals surface area contributed by atoms with Crippen LogP contribution in [0, 0.1) is 5.92 Å². The fourth-order valence-corrected chi connectivity index (χ4v) is 4.55.